The number of hydrogen-bond donors (Lipinski definition) is 3. The number of carboxylic acid groups (broad SMARTS) is 1. The number of amidine groups is 1. The van der Waals surface area contributed by atoms with Crippen molar-refractivity contribution < 1.29 is 23.1 Å². The van der Waals surface area contributed by atoms with Gasteiger partial charge in [0.1, 0.15) is 11.8 Å². The van der Waals surface area contributed by atoms with Gasteiger partial charge in [0.05, 0.1) is 18.2 Å². The molecule has 0 aromatic heterocycles. The summed E-state index contributed by atoms with van der Waals surface area (Å²) in [6.45, 7) is 5.03. The van der Waals surface area contributed by atoms with Crippen LogP contribution in [-0.4, -0.2) is 50.3 Å². The molecule has 8 nitrogen and oxygen atoms in total. The molecule has 0 heterocycles. The maximum absolute atomic E-state index is 12.0. The van der Waals surface area contributed by atoms with Crippen LogP contribution in [0.25, 0.3) is 0 Å². The number of sulfonamides is 1. The first-order chi connectivity index (χ1) is 14.2. The first-order valence-electron chi connectivity index (χ1n) is 10.4. The van der Waals surface area contributed by atoms with Crippen LogP contribution < -0.4 is 15.2 Å². The van der Waals surface area contributed by atoms with Crippen molar-refractivity contribution in [1.82, 2.24) is 4.72 Å². The molecule has 0 amide bonds. The summed E-state index contributed by atoms with van der Waals surface area (Å²) in [5.41, 5.74) is 6.21. The molecule has 4 N–H and O–H groups in total. The largest absolute Gasteiger partial charge is 0.494 e. The zero-order chi connectivity index (χ0) is 22.4. The number of nitrogens with zero attached hydrogens (tertiary/aromatic N) is 1. The first-order valence-corrected chi connectivity index (χ1v) is 12.1. The lowest BCUT2D eigenvalue weighted by molar-refractivity contribution is -0.138. The number of carboxylic acids is 1. The highest BCUT2D eigenvalue weighted by atomic mass is 32.2. The second-order valence-corrected chi connectivity index (χ2v) is 9.19. The fourth-order valence-electron chi connectivity index (χ4n) is 2.76. The second-order valence-electron chi connectivity index (χ2n) is 7.31. The molecule has 0 saturated carbocycles. The maximum Gasteiger partial charge on any atom is 0.322 e. The smallest absolute Gasteiger partial charge is 0.322 e. The SMILES string of the molecule is CCCCS(=O)(=O)NC(Cc1ccc(OCCCCCCN=C(C)N)cc1)C(=O)O. The molecule has 0 aliphatic rings. The molecule has 1 rings (SSSR count). The van der Waals surface area contributed by atoms with E-state index in [4.69, 9.17) is 10.5 Å². The molecule has 170 valence electrons. The summed E-state index contributed by atoms with van der Waals surface area (Å²) in [6, 6.07) is 5.89. The van der Waals surface area contributed by atoms with E-state index in [1.54, 1.807) is 31.2 Å². The standard InChI is InChI=1S/C21H35N3O5S/c1-3-4-15-30(27,28)24-20(21(25)26)16-18-9-11-19(12-10-18)29-14-8-6-5-7-13-23-17(2)22/h9-12,20,24H,3-8,13-16H2,1-2H3,(H2,22,23)(H,25,26). The molecule has 1 atom stereocenters. The van der Waals surface area contributed by atoms with Crippen LogP contribution in [0.1, 0.15) is 57.9 Å². The molecular formula is C21H35N3O5S. The Morgan fingerprint density at radius 3 is 2.43 bits per heavy atom. The lowest BCUT2D eigenvalue weighted by Gasteiger charge is -2.15. The van der Waals surface area contributed by atoms with Crippen LogP contribution in [0, 0.1) is 0 Å². The van der Waals surface area contributed by atoms with Gasteiger partial charge in [0, 0.05) is 6.54 Å². The molecule has 1 aromatic rings. The van der Waals surface area contributed by atoms with Gasteiger partial charge in [-0.25, -0.2) is 13.1 Å². The highest BCUT2D eigenvalue weighted by Crippen LogP contribution is 2.15. The zero-order valence-corrected chi connectivity index (χ0v) is 18.8. The van der Waals surface area contributed by atoms with Gasteiger partial charge in [-0.3, -0.25) is 9.79 Å². The maximum atomic E-state index is 12.0. The third-order valence-corrected chi connectivity index (χ3v) is 5.90. The van der Waals surface area contributed by atoms with Crippen molar-refractivity contribution in [1.29, 1.82) is 0 Å². The number of nitrogens with one attached hydrogen (secondary N) is 1. The van der Waals surface area contributed by atoms with E-state index < -0.39 is 22.0 Å². The summed E-state index contributed by atoms with van der Waals surface area (Å²) in [6.07, 6.45) is 5.37. The quantitative estimate of drug-likeness (QED) is 0.205. The molecule has 1 aromatic carbocycles. The van der Waals surface area contributed by atoms with E-state index in [9.17, 15) is 18.3 Å². The molecule has 0 spiro atoms. The average Bonchev–Trinajstić information content (AvgIpc) is 2.68. The Labute approximate surface area is 180 Å². The van der Waals surface area contributed by atoms with E-state index in [1.807, 2.05) is 6.92 Å². The fraction of sp³-hybridized carbons (Fsp3) is 0.619. The lowest BCUT2D eigenvalue weighted by atomic mass is 10.1. The number of carbonyl (C=O) groups is 1. The van der Waals surface area contributed by atoms with E-state index >= 15 is 0 Å². The van der Waals surface area contributed by atoms with E-state index in [2.05, 4.69) is 9.71 Å². The van der Waals surface area contributed by atoms with Crippen LogP contribution >= 0.6 is 0 Å². The molecule has 0 aliphatic carbocycles. The molecule has 0 aliphatic heterocycles. The third kappa shape index (κ3) is 11.8. The molecule has 9 heteroatoms. The van der Waals surface area contributed by atoms with Gasteiger partial charge in [-0.1, -0.05) is 31.9 Å². The second kappa shape index (κ2) is 14.0. The van der Waals surface area contributed by atoms with Crippen molar-refractivity contribution in [2.45, 2.75) is 64.8 Å². The van der Waals surface area contributed by atoms with Crippen LogP contribution in [0.5, 0.6) is 5.75 Å². The van der Waals surface area contributed by atoms with Crippen LogP contribution in [0.4, 0.5) is 0 Å². The van der Waals surface area contributed by atoms with Crippen molar-refractivity contribution in [3.05, 3.63) is 29.8 Å². The van der Waals surface area contributed by atoms with Crippen molar-refractivity contribution in [2.75, 3.05) is 18.9 Å². The molecule has 1 unspecified atom stereocenters. The Morgan fingerprint density at radius 2 is 1.83 bits per heavy atom. The Balaban J connectivity index is 2.41. The third-order valence-electron chi connectivity index (χ3n) is 4.43. The molecule has 0 radical (unpaired) electrons. The summed E-state index contributed by atoms with van der Waals surface area (Å²) < 4.78 is 32.0. The van der Waals surface area contributed by atoms with Gasteiger partial charge >= 0.3 is 5.97 Å². The van der Waals surface area contributed by atoms with Crippen LogP contribution in [0.3, 0.4) is 0 Å². The molecule has 0 saturated heterocycles. The zero-order valence-electron chi connectivity index (χ0n) is 18.0. The normalized spacial score (nSPS) is 13.2. The summed E-state index contributed by atoms with van der Waals surface area (Å²) in [5, 5.41) is 9.36. The van der Waals surface area contributed by atoms with Gasteiger partial charge in [0.25, 0.3) is 0 Å². The Morgan fingerprint density at radius 1 is 1.17 bits per heavy atom. The van der Waals surface area contributed by atoms with Gasteiger partial charge in [-0.15, -0.1) is 0 Å². The number of aliphatic imine (C=N–C) groups is 1. The monoisotopic (exact) mass is 441 g/mol. The van der Waals surface area contributed by atoms with Gasteiger partial charge in [-0.05, 0) is 56.7 Å². The van der Waals surface area contributed by atoms with Gasteiger partial charge in [-0.2, -0.15) is 0 Å². The fourth-order valence-corrected chi connectivity index (χ4v) is 4.16. The molecule has 0 bridgehead atoms. The van der Waals surface area contributed by atoms with Gasteiger partial charge in [0.15, 0.2) is 0 Å². The van der Waals surface area contributed by atoms with Gasteiger partial charge < -0.3 is 15.6 Å². The van der Waals surface area contributed by atoms with Crippen LogP contribution in [-0.2, 0) is 21.2 Å². The van der Waals surface area contributed by atoms with Crippen molar-refractivity contribution in [2.24, 2.45) is 10.7 Å². The Hall–Kier alpha value is -2.13. The first kappa shape index (κ1) is 25.9. The highest BCUT2D eigenvalue weighted by molar-refractivity contribution is 7.89. The van der Waals surface area contributed by atoms with E-state index in [-0.39, 0.29) is 12.2 Å². The number of nitrogens with two attached hydrogens (primary N) is 1. The van der Waals surface area contributed by atoms with E-state index in [1.165, 1.54) is 0 Å². The van der Waals surface area contributed by atoms with E-state index in [0.717, 1.165) is 44.2 Å². The molecule has 30 heavy (non-hydrogen) atoms. The minimum atomic E-state index is -3.61. The molecular weight excluding hydrogens is 406 g/mol. The van der Waals surface area contributed by atoms with Crippen LogP contribution in [0.15, 0.2) is 29.3 Å². The number of unbranched alkanes of at least 4 members (excludes halogenated alkanes) is 4. The molecule has 0 fully saturated rings. The summed E-state index contributed by atoms with van der Waals surface area (Å²) in [5.74, 6) is 0.0607. The lowest BCUT2D eigenvalue weighted by Crippen LogP contribution is -2.43. The summed E-state index contributed by atoms with van der Waals surface area (Å²) >= 11 is 0. The predicted molar refractivity (Wildman–Crippen MR) is 120 cm³/mol. The minimum Gasteiger partial charge on any atom is -0.494 e. The minimum absolute atomic E-state index is 0.0695. The van der Waals surface area contributed by atoms with Crippen molar-refractivity contribution >= 4 is 21.8 Å². The number of aliphatic carboxylic acids is 1. The number of hydrogen-bond acceptors (Lipinski definition) is 5. The summed E-state index contributed by atoms with van der Waals surface area (Å²) in [7, 11) is -3.61. The number of ether oxygens (including phenoxy) is 1. The number of rotatable bonds is 16. The predicted octanol–water partition coefficient (Wildman–Crippen LogP) is 2.72. The van der Waals surface area contributed by atoms with Crippen molar-refractivity contribution in [3.63, 3.8) is 0 Å². The van der Waals surface area contributed by atoms with Crippen LogP contribution in [0.2, 0.25) is 0 Å². The summed E-state index contributed by atoms with van der Waals surface area (Å²) in [4.78, 5) is 15.6. The Kier molecular flexibility index (Phi) is 12.1. The highest BCUT2D eigenvalue weighted by Gasteiger charge is 2.24. The number of benzene rings is 1. The topological polar surface area (TPSA) is 131 Å². The van der Waals surface area contributed by atoms with Gasteiger partial charge in [0.2, 0.25) is 10.0 Å². The van der Waals surface area contributed by atoms with Crippen molar-refractivity contribution in [3.8, 4) is 5.75 Å². The van der Waals surface area contributed by atoms with E-state index in [0.29, 0.717) is 24.6 Å². The average molecular weight is 442 g/mol. The Bertz CT molecular complexity index is 759.